The zero-order valence-electron chi connectivity index (χ0n) is 9.79. The van der Waals surface area contributed by atoms with Gasteiger partial charge in [0.2, 0.25) is 0 Å². The fourth-order valence-electron chi connectivity index (χ4n) is 1.29. The third-order valence-electron chi connectivity index (χ3n) is 2.20. The summed E-state index contributed by atoms with van der Waals surface area (Å²) in [6, 6.07) is 7.41. The molecular weight excluding hydrogens is 222 g/mol. The fourth-order valence-corrected chi connectivity index (χ4v) is 1.29. The van der Waals surface area contributed by atoms with Crippen LogP contribution in [0.2, 0.25) is 0 Å². The highest BCUT2D eigenvalue weighted by Gasteiger charge is 2.27. The van der Waals surface area contributed by atoms with Gasteiger partial charge in [0.05, 0.1) is 6.61 Å². The number of benzene rings is 1. The molecule has 0 heterocycles. The van der Waals surface area contributed by atoms with Crippen LogP contribution in [0.4, 0.5) is 0 Å². The predicted molar refractivity (Wildman–Crippen MR) is 61.3 cm³/mol. The SMILES string of the molecule is CCON(C(=O)c1ccccc1)C(C)C(=O)O. The molecule has 17 heavy (non-hydrogen) atoms. The molecule has 0 fully saturated rings. The number of carbonyl (C=O) groups is 2. The van der Waals surface area contributed by atoms with E-state index in [1.165, 1.54) is 6.92 Å². The summed E-state index contributed by atoms with van der Waals surface area (Å²) in [6.45, 7) is 3.33. The Hall–Kier alpha value is -1.88. The molecule has 0 aliphatic carbocycles. The highest BCUT2D eigenvalue weighted by atomic mass is 16.7. The Labute approximate surface area is 99.6 Å². The number of carboxylic acids is 1. The van der Waals surface area contributed by atoms with Crippen LogP contribution in [0.25, 0.3) is 0 Å². The molecule has 1 N–H and O–H groups in total. The van der Waals surface area contributed by atoms with Crippen molar-refractivity contribution in [1.82, 2.24) is 5.06 Å². The van der Waals surface area contributed by atoms with Gasteiger partial charge in [-0.05, 0) is 26.0 Å². The molecule has 0 saturated carbocycles. The van der Waals surface area contributed by atoms with E-state index in [1.807, 2.05) is 0 Å². The van der Waals surface area contributed by atoms with Crippen molar-refractivity contribution in [3.63, 3.8) is 0 Å². The van der Waals surface area contributed by atoms with E-state index in [4.69, 9.17) is 9.94 Å². The molecule has 1 aromatic carbocycles. The van der Waals surface area contributed by atoms with E-state index in [1.54, 1.807) is 37.3 Å². The Morgan fingerprint density at radius 2 is 1.94 bits per heavy atom. The third kappa shape index (κ3) is 3.29. The zero-order chi connectivity index (χ0) is 12.8. The van der Waals surface area contributed by atoms with E-state index in [-0.39, 0.29) is 6.61 Å². The molecule has 5 nitrogen and oxygen atoms in total. The number of hydrogen-bond acceptors (Lipinski definition) is 3. The second-order valence-corrected chi connectivity index (χ2v) is 3.43. The Morgan fingerprint density at radius 1 is 1.35 bits per heavy atom. The maximum atomic E-state index is 12.0. The quantitative estimate of drug-likeness (QED) is 0.789. The van der Waals surface area contributed by atoms with Crippen molar-refractivity contribution in [3.05, 3.63) is 35.9 Å². The lowest BCUT2D eigenvalue weighted by atomic mass is 10.2. The summed E-state index contributed by atoms with van der Waals surface area (Å²) in [5.41, 5.74) is 0.397. The highest BCUT2D eigenvalue weighted by molar-refractivity contribution is 5.95. The van der Waals surface area contributed by atoms with E-state index >= 15 is 0 Å². The predicted octanol–water partition coefficient (Wildman–Crippen LogP) is 1.55. The number of carbonyl (C=O) groups excluding carboxylic acids is 1. The van der Waals surface area contributed by atoms with E-state index in [2.05, 4.69) is 0 Å². The summed E-state index contributed by atoms with van der Waals surface area (Å²) in [7, 11) is 0. The van der Waals surface area contributed by atoms with Gasteiger partial charge in [-0.2, -0.15) is 0 Å². The van der Waals surface area contributed by atoms with Crippen LogP contribution >= 0.6 is 0 Å². The summed E-state index contributed by atoms with van der Waals surface area (Å²) in [5, 5.41) is 9.79. The van der Waals surface area contributed by atoms with Crippen molar-refractivity contribution >= 4 is 11.9 Å². The number of hydroxylamine groups is 2. The molecule has 1 atom stereocenters. The van der Waals surface area contributed by atoms with Crippen LogP contribution in [0.3, 0.4) is 0 Å². The second-order valence-electron chi connectivity index (χ2n) is 3.43. The van der Waals surface area contributed by atoms with Crippen molar-refractivity contribution in [2.75, 3.05) is 6.61 Å². The number of rotatable bonds is 5. The van der Waals surface area contributed by atoms with Crippen molar-refractivity contribution in [1.29, 1.82) is 0 Å². The van der Waals surface area contributed by atoms with Gasteiger partial charge in [-0.15, -0.1) is 0 Å². The molecule has 0 spiro atoms. The number of amides is 1. The van der Waals surface area contributed by atoms with Gasteiger partial charge in [0.25, 0.3) is 5.91 Å². The number of aliphatic carboxylic acids is 1. The number of carboxylic acid groups (broad SMARTS) is 1. The van der Waals surface area contributed by atoms with Crippen molar-refractivity contribution in [3.8, 4) is 0 Å². The minimum absolute atomic E-state index is 0.232. The normalized spacial score (nSPS) is 11.9. The first-order valence-corrected chi connectivity index (χ1v) is 5.32. The van der Waals surface area contributed by atoms with Gasteiger partial charge in [0, 0.05) is 5.56 Å². The van der Waals surface area contributed by atoms with Gasteiger partial charge in [0.1, 0.15) is 0 Å². The molecular formula is C12H15NO4. The summed E-state index contributed by atoms with van der Waals surface area (Å²) in [4.78, 5) is 28.0. The monoisotopic (exact) mass is 237 g/mol. The molecule has 0 saturated heterocycles. The molecule has 5 heteroatoms. The lowest BCUT2D eigenvalue weighted by molar-refractivity contribution is -0.171. The number of hydrogen-bond donors (Lipinski definition) is 1. The molecule has 1 rings (SSSR count). The maximum Gasteiger partial charge on any atom is 0.328 e. The van der Waals surface area contributed by atoms with Gasteiger partial charge in [-0.25, -0.2) is 9.86 Å². The highest BCUT2D eigenvalue weighted by Crippen LogP contribution is 2.09. The van der Waals surface area contributed by atoms with Gasteiger partial charge in [0.15, 0.2) is 6.04 Å². The Bertz CT molecular complexity index is 391. The van der Waals surface area contributed by atoms with Crippen LogP contribution in [0.15, 0.2) is 30.3 Å². The summed E-state index contributed by atoms with van der Waals surface area (Å²) in [5.74, 6) is -1.56. The average molecular weight is 237 g/mol. The molecule has 1 amide bonds. The summed E-state index contributed by atoms with van der Waals surface area (Å²) >= 11 is 0. The van der Waals surface area contributed by atoms with Crippen LogP contribution in [-0.4, -0.2) is 34.7 Å². The molecule has 92 valence electrons. The van der Waals surface area contributed by atoms with Gasteiger partial charge in [-0.1, -0.05) is 18.2 Å². The van der Waals surface area contributed by atoms with Gasteiger partial charge < -0.3 is 5.11 Å². The number of nitrogens with zero attached hydrogens (tertiary/aromatic N) is 1. The Balaban J connectivity index is 2.92. The second kappa shape index (κ2) is 6.00. The van der Waals surface area contributed by atoms with Crippen LogP contribution in [-0.2, 0) is 9.63 Å². The van der Waals surface area contributed by atoms with Crippen molar-refractivity contribution in [2.24, 2.45) is 0 Å². The first-order chi connectivity index (χ1) is 8.07. The summed E-state index contributed by atoms with van der Waals surface area (Å²) in [6.07, 6.45) is 0. The molecule has 0 radical (unpaired) electrons. The van der Waals surface area contributed by atoms with E-state index in [0.717, 1.165) is 5.06 Å². The fraction of sp³-hybridized carbons (Fsp3) is 0.333. The lowest BCUT2D eigenvalue weighted by Gasteiger charge is -2.24. The molecule has 0 aromatic heterocycles. The van der Waals surface area contributed by atoms with E-state index in [9.17, 15) is 9.59 Å². The zero-order valence-corrected chi connectivity index (χ0v) is 9.79. The van der Waals surface area contributed by atoms with Crippen LogP contribution in [0.1, 0.15) is 24.2 Å². The van der Waals surface area contributed by atoms with Crippen LogP contribution in [0.5, 0.6) is 0 Å². The minimum atomic E-state index is -1.11. The molecule has 0 bridgehead atoms. The molecule has 0 aliphatic heterocycles. The van der Waals surface area contributed by atoms with Crippen LogP contribution < -0.4 is 0 Å². The van der Waals surface area contributed by atoms with Gasteiger partial charge >= 0.3 is 5.97 Å². The molecule has 1 unspecified atom stereocenters. The maximum absolute atomic E-state index is 12.0. The Kier molecular flexibility index (Phi) is 4.66. The molecule has 1 aromatic rings. The third-order valence-corrected chi connectivity index (χ3v) is 2.20. The van der Waals surface area contributed by atoms with Crippen LogP contribution in [0, 0.1) is 0 Å². The minimum Gasteiger partial charge on any atom is -0.480 e. The average Bonchev–Trinajstić information content (AvgIpc) is 2.35. The summed E-state index contributed by atoms with van der Waals surface area (Å²) < 4.78 is 0. The van der Waals surface area contributed by atoms with Gasteiger partial charge in [-0.3, -0.25) is 9.63 Å². The van der Waals surface area contributed by atoms with Crippen molar-refractivity contribution in [2.45, 2.75) is 19.9 Å². The van der Waals surface area contributed by atoms with E-state index in [0.29, 0.717) is 5.56 Å². The largest absolute Gasteiger partial charge is 0.480 e. The van der Waals surface area contributed by atoms with Crippen molar-refractivity contribution < 1.29 is 19.5 Å². The first kappa shape index (κ1) is 13.2. The van der Waals surface area contributed by atoms with E-state index < -0.39 is 17.9 Å². The Morgan fingerprint density at radius 3 is 2.41 bits per heavy atom. The molecule has 0 aliphatic rings. The smallest absolute Gasteiger partial charge is 0.328 e. The standard InChI is InChI=1S/C12H15NO4/c1-3-17-13(9(2)12(15)16)11(14)10-7-5-4-6-8-10/h4-9H,3H2,1-2H3,(H,15,16). The lowest BCUT2D eigenvalue weighted by Crippen LogP contribution is -2.43. The first-order valence-electron chi connectivity index (χ1n) is 5.32. The topological polar surface area (TPSA) is 66.8 Å².